The lowest BCUT2D eigenvalue weighted by molar-refractivity contribution is 0.0734. The molecule has 280 valence electrons. The van der Waals surface area contributed by atoms with Gasteiger partial charge < -0.3 is 19.5 Å². The number of rotatable bonds is 8. The van der Waals surface area contributed by atoms with E-state index in [9.17, 15) is 18.0 Å². The lowest BCUT2D eigenvalue weighted by Gasteiger charge is -2.30. The Morgan fingerprint density at radius 3 is 2.40 bits per heavy atom. The molecule has 2 aliphatic carbocycles. The molecule has 2 saturated carbocycles. The van der Waals surface area contributed by atoms with Crippen LogP contribution in [-0.2, 0) is 16.6 Å². The average molecular weight is 739 g/mol. The average Bonchev–Trinajstić information content (AvgIpc) is 3.57. The highest BCUT2D eigenvalue weighted by molar-refractivity contribution is 7.90. The second kappa shape index (κ2) is 14.1. The van der Waals surface area contributed by atoms with Gasteiger partial charge in [-0.2, -0.15) is 5.10 Å². The Hall–Kier alpha value is -4.42. The van der Waals surface area contributed by atoms with E-state index in [0.717, 1.165) is 108 Å². The molecule has 1 saturated heterocycles. The van der Waals surface area contributed by atoms with Gasteiger partial charge >= 0.3 is 0 Å². The first-order valence-electron chi connectivity index (χ1n) is 19.3. The first-order valence-corrected chi connectivity index (χ1v) is 20.8. The number of hydrogen-bond donors (Lipinski definition) is 2. The fraction of sp³-hybridized carbons (Fsp3) is 0.488. The topological polar surface area (TPSA) is 128 Å². The Balaban J connectivity index is 1.37. The minimum Gasteiger partial charge on any atom is -0.497 e. The van der Waals surface area contributed by atoms with Gasteiger partial charge in [0.15, 0.2) is 0 Å². The summed E-state index contributed by atoms with van der Waals surface area (Å²) in [5.74, 6) is 0.431. The van der Waals surface area contributed by atoms with Crippen molar-refractivity contribution in [3.05, 3.63) is 70.0 Å². The van der Waals surface area contributed by atoms with Crippen LogP contribution in [0.4, 0.5) is 0 Å². The van der Waals surface area contributed by atoms with Crippen LogP contribution in [0, 0.1) is 6.92 Å². The molecule has 4 aromatic rings. The molecule has 4 heterocycles. The number of nitrogens with zero attached hydrogens (tertiary/aromatic N) is 4. The van der Waals surface area contributed by atoms with Crippen LogP contribution in [0.3, 0.4) is 0 Å². The van der Waals surface area contributed by atoms with E-state index in [1.807, 2.05) is 30.0 Å². The molecule has 3 fully saturated rings. The highest BCUT2D eigenvalue weighted by atomic mass is 32.2. The van der Waals surface area contributed by atoms with Crippen molar-refractivity contribution in [2.45, 2.75) is 95.9 Å². The van der Waals surface area contributed by atoms with Crippen molar-refractivity contribution < 1.29 is 22.7 Å². The summed E-state index contributed by atoms with van der Waals surface area (Å²) in [6.07, 6.45) is 11.0. The smallest absolute Gasteiger partial charge is 0.264 e. The molecular weight excluding hydrogens is 689 g/mol. The number of carbonyl (C=O) groups is 2. The van der Waals surface area contributed by atoms with Crippen molar-refractivity contribution >= 4 is 44.4 Å². The van der Waals surface area contributed by atoms with Gasteiger partial charge in [-0.1, -0.05) is 25.3 Å². The largest absolute Gasteiger partial charge is 0.497 e. The molecule has 11 nitrogen and oxygen atoms in total. The van der Waals surface area contributed by atoms with E-state index in [1.54, 1.807) is 27.0 Å². The van der Waals surface area contributed by atoms with Crippen LogP contribution in [0.25, 0.3) is 33.8 Å². The Morgan fingerprint density at radius 2 is 1.72 bits per heavy atom. The predicted molar refractivity (Wildman–Crippen MR) is 208 cm³/mol. The van der Waals surface area contributed by atoms with Crippen molar-refractivity contribution in [3.63, 3.8) is 0 Å². The molecule has 8 rings (SSSR count). The second-order valence-corrected chi connectivity index (χ2v) is 17.7. The number of sulfonamides is 1. The van der Waals surface area contributed by atoms with Crippen LogP contribution in [0.15, 0.2) is 36.4 Å². The van der Waals surface area contributed by atoms with Gasteiger partial charge in [-0.05, 0) is 112 Å². The standard InChI is InChI=1S/C41H50N6O5S/c1-25(2)53(50,51)44-40(48)28-13-15-34-35(23-28)46-24-30(21-29-22-32(52-4)14-16-33(29)39(46)37(34)27-9-6-5-7-10-27)38-36(41(49)45-19-17-42-18-20-45)26(3)43-47(38)31-11-8-12-31/h13-16,21-23,25,27,31,42H,5-12,17-20,24H2,1-4H3,(H,44,48). The van der Waals surface area contributed by atoms with Gasteiger partial charge in [0.25, 0.3) is 11.8 Å². The SMILES string of the molecule is COc1ccc2c(c1)C=C(c1c(C(=O)N3CCNCC3)c(C)nn1C1CCC1)Cn1c-2c(C2CCCCC2)c2ccc(C(=O)NS(=O)(=O)C(C)C)cc21. The molecule has 12 heteroatoms. The monoisotopic (exact) mass is 738 g/mol. The van der Waals surface area contributed by atoms with Crippen LogP contribution in [0.5, 0.6) is 5.75 Å². The highest BCUT2D eigenvalue weighted by Gasteiger charge is 2.36. The number of piperazine rings is 1. The third-order valence-electron chi connectivity index (χ3n) is 11.8. The quantitative estimate of drug-likeness (QED) is 0.207. The number of ether oxygens (including phenoxy) is 1. The van der Waals surface area contributed by atoms with E-state index in [2.05, 4.69) is 37.5 Å². The third kappa shape index (κ3) is 6.37. The van der Waals surface area contributed by atoms with Crippen molar-refractivity contribution in [3.8, 4) is 17.0 Å². The van der Waals surface area contributed by atoms with E-state index in [4.69, 9.17) is 9.84 Å². The van der Waals surface area contributed by atoms with E-state index in [1.165, 1.54) is 12.0 Å². The summed E-state index contributed by atoms with van der Waals surface area (Å²) in [6, 6.07) is 12.0. The Bertz CT molecular complexity index is 2230. The second-order valence-electron chi connectivity index (χ2n) is 15.4. The van der Waals surface area contributed by atoms with E-state index >= 15 is 0 Å². The zero-order valence-corrected chi connectivity index (χ0v) is 32.0. The number of fused-ring (bicyclic) bond motifs is 5. The number of hydrogen-bond acceptors (Lipinski definition) is 7. The Morgan fingerprint density at radius 1 is 0.962 bits per heavy atom. The minimum atomic E-state index is -3.83. The summed E-state index contributed by atoms with van der Waals surface area (Å²) >= 11 is 0. The van der Waals surface area contributed by atoms with Crippen molar-refractivity contribution in [1.82, 2.24) is 29.3 Å². The molecule has 2 aromatic carbocycles. The van der Waals surface area contributed by atoms with E-state index < -0.39 is 21.2 Å². The molecule has 0 spiro atoms. The maximum atomic E-state index is 14.5. The number of nitrogens with one attached hydrogen (secondary N) is 2. The van der Waals surface area contributed by atoms with Gasteiger partial charge in [0.05, 0.1) is 47.6 Å². The Kier molecular flexibility index (Phi) is 9.47. The molecule has 2 aliphatic heterocycles. The maximum Gasteiger partial charge on any atom is 0.264 e. The summed E-state index contributed by atoms with van der Waals surface area (Å²) in [4.78, 5) is 30.0. The van der Waals surface area contributed by atoms with Crippen molar-refractivity contribution in [2.75, 3.05) is 33.3 Å². The van der Waals surface area contributed by atoms with Crippen LogP contribution in [0.2, 0.25) is 0 Å². The molecular formula is C41H50N6O5S. The fourth-order valence-electron chi connectivity index (χ4n) is 8.67. The summed E-state index contributed by atoms with van der Waals surface area (Å²) in [6.45, 7) is 8.29. The van der Waals surface area contributed by atoms with Gasteiger partial charge in [-0.25, -0.2) is 13.1 Å². The van der Waals surface area contributed by atoms with Crippen LogP contribution >= 0.6 is 0 Å². The van der Waals surface area contributed by atoms with Gasteiger partial charge in [-0.15, -0.1) is 0 Å². The molecule has 0 unspecified atom stereocenters. The molecule has 2 amide bonds. The molecule has 0 bridgehead atoms. The lowest BCUT2D eigenvalue weighted by atomic mass is 9.81. The number of aryl methyl sites for hydroxylation is 1. The lowest BCUT2D eigenvalue weighted by Crippen LogP contribution is -2.46. The summed E-state index contributed by atoms with van der Waals surface area (Å²) in [5.41, 5.74) is 8.79. The van der Waals surface area contributed by atoms with Gasteiger partial charge in [0.1, 0.15) is 5.75 Å². The first-order chi connectivity index (χ1) is 25.6. The minimum absolute atomic E-state index is 0.00591. The number of methoxy groups -OCH3 is 1. The zero-order chi connectivity index (χ0) is 37.0. The summed E-state index contributed by atoms with van der Waals surface area (Å²) < 4.78 is 38.0. The first kappa shape index (κ1) is 35.6. The third-order valence-corrected chi connectivity index (χ3v) is 13.5. The fourth-order valence-corrected chi connectivity index (χ4v) is 9.28. The number of aromatic nitrogens is 3. The number of benzene rings is 2. The van der Waals surface area contributed by atoms with Gasteiger partial charge in [0.2, 0.25) is 10.0 Å². The van der Waals surface area contributed by atoms with Gasteiger partial charge in [-0.3, -0.25) is 14.3 Å². The summed E-state index contributed by atoms with van der Waals surface area (Å²) in [7, 11) is -2.15. The van der Waals surface area contributed by atoms with Crippen molar-refractivity contribution in [2.24, 2.45) is 0 Å². The molecule has 0 radical (unpaired) electrons. The maximum absolute atomic E-state index is 14.5. The van der Waals surface area contributed by atoms with E-state index in [-0.39, 0.29) is 17.5 Å². The van der Waals surface area contributed by atoms with Crippen LogP contribution in [0.1, 0.15) is 120 Å². The normalized spacial score (nSPS) is 18.3. The zero-order valence-electron chi connectivity index (χ0n) is 31.2. The molecule has 2 N–H and O–H groups in total. The van der Waals surface area contributed by atoms with Crippen LogP contribution < -0.4 is 14.8 Å². The number of amides is 2. The van der Waals surface area contributed by atoms with Crippen molar-refractivity contribution in [1.29, 1.82) is 0 Å². The summed E-state index contributed by atoms with van der Waals surface area (Å²) in [5, 5.41) is 8.78. The molecule has 2 aromatic heterocycles. The van der Waals surface area contributed by atoms with E-state index in [0.29, 0.717) is 31.1 Å². The molecule has 4 aliphatic rings. The highest BCUT2D eigenvalue weighted by Crippen LogP contribution is 2.48. The number of carbonyl (C=O) groups excluding carboxylic acids is 2. The van der Waals surface area contributed by atoms with Crippen LogP contribution in [-0.4, -0.2) is 78.0 Å². The molecule has 53 heavy (non-hydrogen) atoms. The molecule has 0 atom stereocenters. The number of allylic oxidation sites excluding steroid dienone is 1. The Labute approximate surface area is 311 Å². The van der Waals surface area contributed by atoms with Gasteiger partial charge in [0, 0.05) is 48.2 Å². The predicted octanol–water partition coefficient (Wildman–Crippen LogP) is 6.66.